The molecule has 1 aliphatic heterocycles. The Morgan fingerprint density at radius 1 is 1.04 bits per heavy atom. The minimum atomic E-state index is -3.51. The van der Waals surface area contributed by atoms with Gasteiger partial charge in [-0.05, 0) is 43.7 Å². The highest BCUT2D eigenvalue weighted by atomic mass is 32.2. The summed E-state index contributed by atoms with van der Waals surface area (Å²) in [4.78, 5) is 26.7. The first-order valence-electron chi connectivity index (χ1n) is 8.92. The second-order valence-electron chi connectivity index (χ2n) is 6.77. The van der Waals surface area contributed by atoms with E-state index >= 15 is 0 Å². The summed E-state index contributed by atoms with van der Waals surface area (Å²) in [6, 6.07) is 8.60. The molecule has 150 valence electrons. The van der Waals surface area contributed by atoms with Crippen LogP contribution in [0.3, 0.4) is 0 Å². The lowest BCUT2D eigenvalue weighted by atomic mass is 10.1. The number of amides is 2. The van der Waals surface area contributed by atoms with E-state index in [-0.39, 0.29) is 24.9 Å². The van der Waals surface area contributed by atoms with Crippen molar-refractivity contribution in [2.24, 2.45) is 0 Å². The maximum atomic E-state index is 12.8. The molecule has 0 unspecified atom stereocenters. The zero-order valence-electron chi connectivity index (χ0n) is 16.1. The van der Waals surface area contributed by atoms with Gasteiger partial charge in [0.25, 0.3) is 15.9 Å². The SMILES string of the molecule is CC(=O)Nc1cc(C(=O)N2CCN(S(=O)(=O)c3ccc(C)s3)CC2)ccc1C. The summed E-state index contributed by atoms with van der Waals surface area (Å²) in [6.07, 6.45) is 0. The van der Waals surface area contributed by atoms with E-state index in [4.69, 9.17) is 0 Å². The van der Waals surface area contributed by atoms with E-state index in [1.807, 2.05) is 13.8 Å². The topological polar surface area (TPSA) is 86.8 Å². The number of hydrogen-bond donors (Lipinski definition) is 1. The van der Waals surface area contributed by atoms with Crippen LogP contribution in [0.15, 0.2) is 34.5 Å². The van der Waals surface area contributed by atoms with Gasteiger partial charge in [0, 0.05) is 49.2 Å². The van der Waals surface area contributed by atoms with Gasteiger partial charge >= 0.3 is 0 Å². The van der Waals surface area contributed by atoms with Crippen LogP contribution in [0.1, 0.15) is 27.7 Å². The molecule has 1 aromatic carbocycles. The van der Waals surface area contributed by atoms with Crippen molar-refractivity contribution in [2.75, 3.05) is 31.5 Å². The van der Waals surface area contributed by atoms with E-state index in [0.717, 1.165) is 10.4 Å². The lowest BCUT2D eigenvalue weighted by Gasteiger charge is -2.33. The van der Waals surface area contributed by atoms with Crippen molar-refractivity contribution >= 4 is 38.9 Å². The Morgan fingerprint density at radius 2 is 1.71 bits per heavy atom. The molecule has 0 saturated carbocycles. The van der Waals surface area contributed by atoms with Gasteiger partial charge in [-0.1, -0.05) is 6.07 Å². The summed E-state index contributed by atoms with van der Waals surface area (Å²) in [5.74, 6) is -0.369. The normalized spacial score (nSPS) is 15.5. The van der Waals surface area contributed by atoms with Crippen LogP contribution < -0.4 is 5.32 Å². The van der Waals surface area contributed by atoms with Gasteiger partial charge in [-0.15, -0.1) is 11.3 Å². The Labute approximate surface area is 169 Å². The number of nitrogens with zero attached hydrogens (tertiary/aromatic N) is 2. The molecule has 0 spiro atoms. The standard InChI is InChI=1S/C19H23N3O4S2/c1-13-4-6-16(12-17(13)20-15(3)23)19(24)21-8-10-22(11-9-21)28(25,26)18-7-5-14(2)27-18/h4-7,12H,8-11H2,1-3H3,(H,20,23). The van der Waals surface area contributed by atoms with Crippen molar-refractivity contribution in [1.29, 1.82) is 0 Å². The van der Waals surface area contributed by atoms with Crippen LogP contribution in [0.2, 0.25) is 0 Å². The molecule has 2 amide bonds. The highest BCUT2D eigenvalue weighted by Crippen LogP contribution is 2.25. The van der Waals surface area contributed by atoms with Crippen molar-refractivity contribution < 1.29 is 18.0 Å². The number of nitrogens with one attached hydrogen (secondary N) is 1. The van der Waals surface area contributed by atoms with Crippen LogP contribution in [-0.2, 0) is 14.8 Å². The van der Waals surface area contributed by atoms with Crippen LogP contribution >= 0.6 is 11.3 Å². The van der Waals surface area contributed by atoms with Crippen molar-refractivity contribution in [3.63, 3.8) is 0 Å². The molecule has 0 atom stereocenters. The zero-order valence-corrected chi connectivity index (χ0v) is 17.7. The lowest BCUT2D eigenvalue weighted by molar-refractivity contribution is -0.114. The van der Waals surface area contributed by atoms with Gasteiger partial charge in [0.2, 0.25) is 5.91 Å². The molecule has 0 aliphatic carbocycles. The summed E-state index contributed by atoms with van der Waals surface area (Å²) >= 11 is 1.26. The summed E-state index contributed by atoms with van der Waals surface area (Å²) in [6.45, 7) is 6.32. The number of anilines is 1. The minimum Gasteiger partial charge on any atom is -0.336 e. The molecule has 1 fully saturated rings. The van der Waals surface area contributed by atoms with E-state index < -0.39 is 10.0 Å². The molecule has 1 saturated heterocycles. The fourth-order valence-corrected chi connectivity index (χ4v) is 5.93. The highest BCUT2D eigenvalue weighted by molar-refractivity contribution is 7.91. The highest BCUT2D eigenvalue weighted by Gasteiger charge is 2.31. The number of hydrogen-bond acceptors (Lipinski definition) is 5. The summed E-state index contributed by atoms with van der Waals surface area (Å²) in [5, 5.41) is 2.72. The second kappa shape index (κ2) is 8.02. The zero-order chi connectivity index (χ0) is 20.5. The molecular formula is C19H23N3O4S2. The Morgan fingerprint density at radius 3 is 2.29 bits per heavy atom. The number of benzene rings is 1. The lowest BCUT2D eigenvalue weighted by Crippen LogP contribution is -2.50. The summed E-state index contributed by atoms with van der Waals surface area (Å²) in [5.41, 5.74) is 1.95. The van der Waals surface area contributed by atoms with Gasteiger partial charge in [-0.2, -0.15) is 4.31 Å². The number of rotatable bonds is 4. The fourth-order valence-electron chi connectivity index (χ4n) is 3.07. The first kappa shape index (κ1) is 20.5. The summed E-state index contributed by atoms with van der Waals surface area (Å²) < 4.78 is 27.2. The van der Waals surface area contributed by atoms with Gasteiger partial charge in [-0.3, -0.25) is 9.59 Å². The Kier molecular flexibility index (Phi) is 5.87. The van der Waals surface area contributed by atoms with E-state index in [0.29, 0.717) is 28.5 Å². The van der Waals surface area contributed by atoms with Crippen LogP contribution in [0, 0.1) is 13.8 Å². The first-order valence-corrected chi connectivity index (χ1v) is 11.2. The molecule has 9 heteroatoms. The third kappa shape index (κ3) is 4.26. The van der Waals surface area contributed by atoms with Gasteiger partial charge < -0.3 is 10.2 Å². The fraction of sp³-hybridized carbons (Fsp3) is 0.368. The predicted octanol–water partition coefficient (Wildman–Crippen LogP) is 2.47. The Bertz CT molecular complexity index is 1010. The molecule has 0 bridgehead atoms. The van der Waals surface area contributed by atoms with Crippen LogP contribution in [-0.4, -0.2) is 55.6 Å². The molecule has 1 aromatic heterocycles. The Hall–Kier alpha value is -2.23. The van der Waals surface area contributed by atoms with Crippen molar-refractivity contribution in [2.45, 2.75) is 25.0 Å². The third-order valence-electron chi connectivity index (χ3n) is 4.63. The number of piperazine rings is 1. The van der Waals surface area contributed by atoms with E-state index in [9.17, 15) is 18.0 Å². The van der Waals surface area contributed by atoms with Gasteiger partial charge in [0.1, 0.15) is 4.21 Å². The maximum Gasteiger partial charge on any atom is 0.254 e. The minimum absolute atomic E-state index is 0.171. The van der Waals surface area contributed by atoms with E-state index in [1.165, 1.54) is 22.6 Å². The molecule has 2 aromatic rings. The monoisotopic (exact) mass is 421 g/mol. The number of carbonyl (C=O) groups is 2. The molecule has 28 heavy (non-hydrogen) atoms. The Balaban J connectivity index is 1.69. The number of sulfonamides is 1. The first-order chi connectivity index (χ1) is 13.2. The van der Waals surface area contributed by atoms with Crippen LogP contribution in [0.25, 0.3) is 0 Å². The molecule has 3 rings (SSSR count). The smallest absolute Gasteiger partial charge is 0.254 e. The largest absolute Gasteiger partial charge is 0.336 e. The predicted molar refractivity (Wildman–Crippen MR) is 109 cm³/mol. The molecule has 1 aliphatic rings. The van der Waals surface area contributed by atoms with E-state index in [1.54, 1.807) is 35.2 Å². The van der Waals surface area contributed by atoms with Gasteiger partial charge in [0.05, 0.1) is 0 Å². The third-order valence-corrected chi connectivity index (χ3v) is 8.00. The summed E-state index contributed by atoms with van der Waals surface area (Å²) in [7, 11) is -3.51. The second-order valence-corrected chi connectivity index (χ2v) is 10.2. The van der Waals surface area contributed by atoms with Crippen molar-refractivity contribution in [3.05, 3.63) is 46.3 Å². The van der Waals surface area contributed by atoms with Crippen molar-refractivity contribution in [3.8, 4) is 0 Å². The van der Waals surface area contributed by atoms with Gasteiger partial charge in [-0.25, -0.2) is 8.42 Å². The number of carbonyl (C=O) groups excluding carboxylic acids is 2. The van der Waals surface area contributed by atoms with Crippen molar-refractivity contribution in [1.82, 2.24) is 9.21 Å². The molecule has 2 heterocycles. The number of thiophene rings is 1. The quantitative estimate of drug-likeness (QED) is 0.822. The molecule has 1 N–H and O–H groups in total. The number of aryl methyl sites for hydroxylation is 2. The maximum absolute atomic E-state index is 12.8. The van der Waals surface area contributed by atoms with Crippen LogP contribution in [0.5, 0.6) is 0 Å². The van der Waals surface area contributed by atoms with Crippen LogP contribution in [0.4, 0.5) is 5.69 Å². The average Bonchev–Trinajstić information content (AvgIpc) is 3.10. The molecular weight excluding hydrogens is 398 g/mol. The van der Waals surface area contributed by atoms with E-state index in [2.05, 4.69) is 5.32 Å². The van der Waals surface area contributed by atoms with Gasteiger partial charge in [0.15, 0.2) is 0 Å². The molecule has 0 radical (unpaired) electrons. The average molecular weight is 422 g/mol. The molecule has 7 nitrogen and oxygen atoms in total.